The lowest BCUT2D eigenvalue weighted by Gasteiger charge is -2.37. The number of nitrogens with zero attached hydrogens (tertiary/aromatic N) is 4. The van der Waals surface area contributed by atoms with Gasteiger partial charge in [-0.2, -0.15) is 5.10 Å². The molecule has 2 aromatic carbocycles. The summed E-state index contributed by atoms with van der Waals surface area (Å²) in [4.78, 5) is 17.8. The maximum absolute atomic E-state index is 13.6. The van der Waals surface area contributed by atoms with Crippen LogP contribution in [0, 0.1) is 0 Å². The van der Waals surface area contributed by atoms with Crippen molar-refractivity contribution in [3.63, 3.8) is 0 Å². The van der Waals surface area contributed by atoms with Gasteiger partial charge in [0.15, 0.2) is 0 Å². The molecule has 1 aromatic heterocycles. The molecule has 7 heteroatoms. The van der Waals surface area contributed by atoms with Crippen LogP contribution in [0.4, 0.5) is 11.4 Å². The third-order valence-electron chi connectivity index (χ3n) is 5.65. The Bertz CT molecular complexity index is 1090. The zero-order valence-electron chi connectivity index (χ0n) is 17.1. The summed E-state index contributed by atoms with van der Waals surface area (Å²) in [6.45, 7) is 1.47. The van der Waals surface area contributed by atoms with E-state index in [1.54, 1.807) is 31.1 Å². The van der Waals surface area contributed by atoms with Gasteiger partial charge in [-0.3, -0.25) is 4.79 Å². The largest absolute Gasteiger partial charge is 0.497 e. The van der Waals surface area contributed by atoms with Crippen molar-refractivity contribution in [2.45, 2.75) is 18.9 Å². The first-order valence-corrected chi connectivity index (χ1v) is 10.2. The van der Waals surface area contributed by atoms with Crippen molar-refractivity contribution in [1.82, 2.24) is 9.78 Å². The normalized spacial score (nSPS) is 15.7. The second kappa shape index (κ2) is 7.40. The third kappa shape index (κ3) is 3.26. The molecule has 0 spiro atoms. The van der Waals surface area contributed by atoms with Gasteiger partial charge in [0.25, 0.3) is 5.91 Å². The quantitative estimate of drug-likeness (QED) is 0.646. The summed E-state index contributed by atoms with van der Waals surface area (Å²) in [6.07, 6.45) is 4.03. The van der Waals surface area contributed by atoms with Gasteiger partial charge < -0.3 is 19.3 Å². The number of carbonyl (C=O) groups is 1. The number of methoxy groups -OCH3 is 1. The molecule has 0 radical (unpaired) electrons. The Hall–Kier alpha value is -3.48. The Morgan fingerprint density at radius 3 is 2.57 bits per heavy atom. The topological polar surface area (TPSA) is 59.8 Å². The predicted octanol–water partition coefficient (Wildman–Crippen LogP) is 3.85. The molecular formula is C23H24N4O3. The minimum atomic E-state index is -0.108. The average molecular weight is 404 g/mol. The number of aromatic nitrogens is 2. The molecule has 0 atom stereocenters. The summed E-state index contributed by atoms with van der Waals surface area (Å²) >= 11 is 0. The van der Waals surface area contributed by atoms with Crippen LogP contribution in [0.25, 0.3) is 0 Å². The van der Waals surface area contributed by atoms with Gasteiger partial charge in [-0.05, 0) is 37.1 Å². The molecule has 5 rings (SSSR count). The van der Waals surface area contributed by atoms with Crippen LogP contribution in [0.5, 0.6) is 17.4 Å². The number of amides is 1. The van der Waals surface area contributed by atoms with Crippen molar-refractivity contribution in [3.8, 4) is 17.4 Å². The molecule has 1 fully saturated rings. The second-order valence-corrected chi connectivity index (χ2v) is 7.64. The van der Waals surface area contributed by atoms with Crippen molar-refractivity contribution in [3.05, 3.63) is 60.3 Å². The third-order valence-corrected chi connectivity index (χ3v) is 5.65. The standard InChI is InChI=1S/C23H24N4O3/c1-25-23(30-18-7-5-6-17(14-18)29-2)19(15-24-25)22(28)27-13-12-26(16-10-11-16)20-8-3-4-9-21(20)27/h3-9,14-16H,10-13H2,1-2H3. The highest BCUT2D eigenvalue weighted by atomic mass is 16.5. The molecule has 2 heterocycles. The highest BCUT2D eigenvalue weighted by molar-refractivity contribution is 6.09. The summed E-state index contributed by atoms with van der Waals surface area (Å²) in [5.74, 6) is 1.58. The van der Waals surface area contributed by atoms with Gasteiger partial charge in [0, 0.05) is 32.2 Å². The first-order chi connectivity index (χ1) is 14.7. The van der Waals surface area contributed by atoms with E-state index in [4.69, 9.17) is 9.47 Å². The van der Waals surface area contributed by atoms with E-state index in [0.717, 1.165) is 17.9 Å². The lowest BCUT2D eigenvalue weighted by Crippen LogP contribution is -2.45. The number of carbonyl (C=O) groups excluding carboxylic acids is 1. The average Bonchev–Trinajstić information content (AvgIpc) is 3.57. The van der Waals surface area contributed by atoms with Crippen LogP contribution < -0.4 is 19.3 Å². The number of rotatable bonds is 5. The SMILES string of the molecule is COc1cccc(Oc2c(C(=O)N3CCN(C4CC4)c4ccccc43)cnn2C)c1. The number of benzene rings is 2. The van der Waals surface area contributed by atoms with Crippen LogP contribution in [0.15, 0.2) is 54.7 Å². The van der Waals surface area contributed by atoms with E-state index in [-0.39, 0.29) is 5.91 Å². The summed E-state index contributed by atoms with van der Waals surface area (Å²) in [7, 11) is 3.38. The fourth-order valence-electron chi connectivity index (χ4n) is 3.98. The van der Waals surface area contributed by atoms with Crippen LogP contribution in [0.3, 0.4) is 0 Å². The van der Waals surface area contributed by atoms with Crippen LogP contribution in [-0.2, 0) is 7.05 Å². The Kier molecular flexibility index (Phi) is 4.58. The minimum Gasteiger partial charge on any atom is -0.497 e. The van der Waals surface area contributed by atoms with Gasteiger partial charge in [-0.25, -0.2) is 4.68 Å². The summed E-state index contributed by atoms with van der Waals surface area (Å²) < 4.78 is 12.9. The number of ether oxygens (including phenoxy) is 2. The Labute approximate surface area is 175 Å². The predicted molar refractivity (Wildman–Crippen MR) is 115 cm³/mol. The van der Waals surface area contributed by atoms with E-state index in [2.05, 4.69) is 16.1 Å². The highest BCUT2D eigenvalue weighted by Gasteiger charge is 2.36. The highest BCUT2D eigenvalue weighted by Crippen LogP contribution is 2.41. The molecule has 0 unspecified atom stereocenters. The van der Waals surface area contributed by atoms with Crippen molar-refractivity contribution < 1.29 is 14.3 Å². The summed E-state index contributed by atoms with van der Waals surface area (Å²) in [6, 6.07) is 16.0. The lowest BCUT2D eigenvalue weighted by atomic mass is 10.1. The van der Waals surface area contributed by atoms with Crippen LogP contribution in [0.1, 0.15) is 23.2 Å². The Morgan fingerprint density at radius 2 is 1.80 bits per heavy atom. The zero-order chi connectivity index (χ0) is 20.7. The van der Waals surface area contributed by atoms with Gasteiger partial charge in [-0.15, -0.1) is 0 Å². The molecule has 0 saturated heterocycles. The molecule has 154 valence electrons. The first kappa shape index (κ1) is 18.5. The molecular weight excluding hydrogens is 380 g/mol. The monoisotopic (exact) mass is 404 g/mol. The molecule has 0 bridgehead atoms. The van der Waals surface area contributed by atoms with Gasteiger partial charge in [-0.1, -0.05) is 18.2 Å². The van der Waals surface area contributed by atoms with E-state index in [1.807, 2.05) is 41.3 Å². The van der Waals surface area contributed by atoms with E-state index >= 15 is 0 Å². The van der Waals surface area contributed by atoms with Crippen molar-refractivity contribution in [2.24, 2.45) is 7.05 Å². The van der Waals surface area contributed by atoms with Crippen LogP contribution in [0.2, 0.25) is 0 Å². The molecule has 1 saturated carbocycles. The molecule has 30 heavy (non-hydrogen) atoms. The number of hydrogen-bond donors (Lipinski definition) is 0. The number of fused-ring (bicyclic) bond motifs is 1. The fraction of sp³-hybridized carbons (Fsp3) is 0.304. The number of anilines is 2. The Morgan fingerprint density at radius 1 is 1.03 bits per heavy atom. The molecule has 1 aliphatic heterocycles. The van der Waals surface area contributed by atoms with Gasteiger partial charge in [0.2, 0.25) is 5.88 Å². The molecule has 0 N–H and O–H groups in total. The van der Waals surface area contributed by atoms with Crippen LogP contribution in [-0.4, -0.2) is 41.9 Å². The molecule has 1 aliphatic carbocycles. The first-order valence-electron chi connectivity index (χ1n) is 10.2. The maximum Gasteiger partial charge on any atom is 0.265 e. The summed E-state index contributed by atoms with van der Waals surface area (Å²) in [5, 5.41) is 4.28. The summed E-state index contributed by atoms with van der Waals surface area (Å²) in [5.41, 5.74) is 2.51. The van der Waals surface area contributed by atoms with E-state index in [9.17, 15) is 4.79 Å². The van der Waals surface area contributed by atoms with Crippen molar-refractivity contribution >= 4 is 17.3 Å². The molecule has 7 nitrogen and oxygen atoms in total. The smallest absolute Gasteiger partial charge is 0.265 e. The van der Waals surface area contributed by atoms with E-state index in [1.165, 1.54) is 12.8 Å². The zero-order valence-corrected chi connectivity index (χ0v) is 17.1. The van der Waals surface area contributed by atoms with Gasteiger partial charge in [0.1, 0.15) is 17.1 Å². The maximum atomic E-state index is 13.6. The minimum absolute atomic E-state index is 0.108. The fourth-order valence-corrected chi connectivity index (χ4v) is 3.98. The lowest BCUT2D eigenvalue weighted by molar-refractivity contribution is 0.0984. The van der Waals surface area contributed by atoms with Crippen molar-refractivity contribution in [2.75, 3.05) is 30.0 Å². The van der Waals surface area contributed by atoms with E-state index in [0.29, 0.717) is 35.5 Å². The molecule has 3 aromatic rings. The number of aryl methyl sites for hydroxylation is 1. The van der Waals surface area contributed by atoms with Crippen LogP contribution >= 0.6 is 0 Å². The van der Waals surface area contributed by atoms with Gasteiger partial charge >= 0.3 is 0 Å². The van der Waals surface area contributed by atoms with Crippen molar-refractivity contribution in [1.29, 1.82) is 0 Å². The van der Waals surface area contributed by atoms with E-state index < -0.39 is 0 Å². The number of hydrogen-bond acceptors (Lipinski definition) is 5. The molecule has 2 aliphatic rings. The van der Waals surface area contributed by atoms with Gasteiger partial charge in [0.05, 0.1) is 24.7 Å². The Balaban J connectivity index is 1.46. The second-order valence-electron chi connectivity index (χ2n) is 7.64. The molecule has 1 amide bonds. The number of para-hydroxylation sites is 2.